The number of rotatable bonds is 16. The molecule has 1 atom stereocenters. The van der Waals surface area contributed by atoms with Gasteiger partial charge in [-0.2, -0.15) is 0 Å². The zero-order valence-electron chi connectivity index (χ0n) is 16.1. The Morgan fingerprint density at radius 2 is 1.36 bits per heavy atom. The third-order valence-corrected chi connectivity index (χ3v) is 4.53. The van der Waals surface area contributed by atoms with Crippen LogP contribution in [0.4, 0.5) is 0 Å². The predicted octanol–water partition coefficient (Wildman–Crippen LogP) is 4.42. The van der Waals surface area contributed by atoms with Crippen LogP contribution < -0.4 is 0 Å². The maximum absolute atomic E-state index is 5.74. The van der Waals surface area contributed by atoms with Crippen molar-refractivity contribution in [2.75, 3.05) is 47.4 Å². The highest BCUT2D eigenvalue weighted by Gasteiger charge is 2.06. The van der Waals surface area contributed by atoms with Crippen molar-refractivity contribution in [1.29, 1.82) is 0 Å². The van der Waals surface area contributed by atoms with Gasteiger partial charge in [0.25, 0.3) is 0 Å². The first-order valence-electron chi connectivity index (χ1n) is 9.50. The summed E-state index contributed by atoms with van der Waals surface area (Å²) in [5, 5.41) is 0. The lowest BCUT2D eigenvalue weighted by Gasteiger charge is -2.23. The van der Waals surface area contributed by atoms with Gasteiger partial charge in [-0.05, 0) is 53.9 Å². The zero-order chi connectivity index (χ0) is 16.6. The normalized spacial score (nSPS) is 13.2. The quantitative estimate of drug-likeness (QED) is 0.392. The van der Waals surface area contributed by atoms with E-state index in [0.717, 1.165) is 26.2 Å². The van der Waals surface area contributed by atoms with Gasteiger partial charge in [-0.15, -0.1) is 0 Å². The molecule has 0 aromatic heterocycles. The van der Waals surface area contributed by atoms with Gasteiger partial charge in [0.1, 0.15) is 0 Å². The number of nitrogens with zero attached hydrogens (tertiary/aromatic N) is 2. The van der Waals surface area contributed by atoms with E-state index in [2.05, 4.69) is 44.8 Å². The van der Waals surface area contributed by atoms with Crippen LogP contribution in [0, 0.1) is 0 Å². The van der Waals surface area contributed by atoms with E-state index in [0.29, 0.717) is 6.04 Å². The summed E-state index contributed by atoms with van der Waals surface area (Å²) in [7, 11) is 6.53. The lowest BCUT2D eigenvalue weighted by atomic mass is 10.1. The van der Waals surface area contributed by atoms with Crippen LogP contribution in [-0.2, 0) is 4.74 Å². The third kappa shape index (κ3) is 14.8. The third-order valence-electron chi connectivity index (χ3n) is 4.53. The largest absolute Gasteiger partial charge is 0.381 e. The highest BCUT2D eigenvalue weighted by molar-refractivity contribution is 4.62. The predicted molar refractivity (Wildman–Crippen MR) is 98.7 cm³/mol. The van der Waals surface area contributed by atoms with E-state index in [1.165, 1.54) is 57.9 Å². The summed E-state index contributed by atoms with van der Waals surface area (Å²) in [6.45, 7) is 8.76. The molecule has 0 rings (SSSR count). The molecule has 0 fully saturated rings. The van der Waals surface area contributed by atoms with Crippen LogP contribution in [0.1, 0.15) is 71.6 Å². The van der Waals surface area contributed by atoms with Crippen molar-refractivity contribution in [3.8, 4) is 0 Å². The molecule has 0 saturated carbocycles. The molecule has 22 heavy (non-hydrogen) atoms. The Balaban J connectivity index is 3.22. The number of ether oxygens (including phenoxy) is 1. The molecule has 0 radical (unpaired) electrons. The van der Waals surface area contributed by atoms with Crippen LogP contribution >= 0.6 is 0 Å². The van der Waals surface area contributed by atoms with Gasteiger partial charge in [0.15, 0.2) is 0 Å². The number of unbranched alkanes of at least 4 members (excludes halogenated alkanes) is 6. The number of hydrogen-bond acceptors (Lipinski definition) is 3. The summed E-state index contributed by atoms with van der Waals surface area (Å²) in [6.07, 6.45) is 11.9. The van der Waals surface area contributed by atoms with Gasteiger partial charge in [0.2, 0.25) is 0 Å². The van der Waals surface area contributed by atoms with Crippen LogP contribution in [0.25, 0.3) is 0 Å². The van der Waals surface area contributed by atoms with Gasteiger partial charge in [-0.1, -0.05) is 45.4 Å². The van der Waals surface area contributed by atoms with Crippen molar-refractivity contribution in [2.24, 2.45) is 0 Å². The van der Waals surface area contributed by atoms with E-state index in [-0.39, 0.29) is 0 Å². The molecule has 0 bridgehead atoms. The van der Waals surface area contributed by atoms with Crippen molar-refractivity contribution in [2.45, 2.75) is 77.7 Å². The first kappa shape index (κ1) is 21.9. The summed E-state index contributed by atoms with van der Waals surface area (Å²) in [6, 6.07) is 0.663. The Bertz CT molecular complexity index is 221. The molecule has 0 saturated heterocycles. The molecular formula is C19H42N2O. The average molecular weight is 315 g/mol. The van der Waals surface area contributed by atoms with Crippen LogP contribution in [0.15, 0.2) is 0 Å². The molecule has 1 unspecified atom stereocenters. The van der Waals surface area contributed by atoms with Crippen LogP contribution in [0.3, 0.4) is 0 Å². The maximum atomic E-state index is 5.74. The molecule has 0 aliphatic carbocycles. The smallest absolute Gasteiger partial charge is 0.0478 e. The molecule has 3 heteroatoms. The molecule has 0 aliphatic rings. The minimum Gasteiger partial charge on any atom is -0.381 e. The van der Waals surface area contributed by atoms with Gasteiger partial charge < -0.3 is 14.5 Å². The summed E-state index contributed by atoms with van der Waals surface area (Å²) >= 11 is 0. The fourth-order valence-corrected chi connectivity index (χ4v) is 2.48. The van der Waals surface area contributed by atoms with Gasteiger partial charge in [0, 0.05) is 25.8 Å². The molecular weight excluding hydrogens is 272 g/mol. The number of hydrogen-bond donors (Lipinski definition) is 0. The highest BCUT2D eigenvalue weighted by Crippen LogP contribution is 2.07. The lowest BCUT2D eigenvalue weighted by molar-refractivity contribution is 0.118. The molecule has 0 aromatic rings. The monoisotopic (exact) mass is 314 g/mol. The molecule has 3 nitrogen and oxygen atoms in total. The highest BCUT2D eigenvalue weighted by atomic mass is 16.5. The fraction of sp³-hybridized carbons (Fsp3) is 1.00. The van der Waals surface area contributed by atoms with Crippen molar-refractivity contribution in [3.05, 3.63) is 0 Å². The molecule has 0 heterocycles. The van der Waals surface area contributed by atoms with E-state index in [4.69, 9.17) is 4.74 Å². The summed E-state index contributed by atoms with van der Waals surface area (Å²) in [5.74, 6) is 0. The van der Waals surface area contributed by atoms with E-state index in [1.54, 1.807) is 0 Å². The Labute approximate surface area is 140 Å². The maximum Gasteiger partial charge on any atom is 0.0478 e. The van der Waals surface area contributed by atoms with Gasteiger partial charge in [-0.25, -0.2) is 0 Å². The van der Waals surface area contributed by atoms with E-state index in [1.807, 2.05) is 0 Å². The second-order valence-electron chi connectivity index (χ2n) is 6.99. The van der Waals surface area contributed by atoms with Crippen molar-refractivity contribution in [1.82, 2.24) is 9.80 Å². The second kappa shape index (κ2) is 15.8. The first-order valence-corrected chi connectivity index (χ1v) is 9.50. The topological polar surface area (TPSA) is 15.7 Å². The van der Waals surface area contributed by atoms with Gasteiger partial charge in [0.05, 0.1) is 0 Å². The minimum absolute atomic E-state index is 0.663. The van der Waals surface area contributed by atoms with Gasteiger partial charge in [-0.3, -0.25) is 0 Å². The summed E-state index contributed by atoms with van der Waals surface area (Å²) in [5.41, 5.74) is 0. The zero-order valence-corrected chi connectivity index (χ0v) is 16.1. The van der Waals surface area contributed by atoms with Crippen LogP contribution in [0.5, 0.6) is 0 Å². The Hall–Kier alpha value is -0.120. The molecule has 0 N–H and O–H groups in total. The lowest BCUT2D eigenvalue weighted by Crippen LogP contribution is -2.30. The Morgan fingerprint density at radius 3 is 2.00 bits per heavy atom. The first-order chi connectivity index (χ1) is 10.6. The molecule has 0 aliphatic heterocycles. The SMILES string of the molecule is CCCCCCCCCOCCCN(C)CCC(C)N(C)C. The summed E-state index contributed by atoms with van der Waals surface area (Å²) < 4.78 is 5.74. The standard InChI is InChI=1S/C19H42N2O/c1-6-7-8-9-10-11-12-17-22-18-13-15-21(5)16-14-19(2)20(3)4/h19H,6-18H2,1-5H3. The average Bonchev–Trinajstić information content (AvgIpc) is 2.50. The van der Waals surface area contributed by atoms with E-state index >= 15 is 0 Å². The van der Waals surface area contributed by atoms with Crippen molar-refractivity contribution >= 4 is 0 Å². The van der Waals surface area contributed by atoms with E-state index in [9.17, 15) is 0 Å². The summed E-state index contributed by atoms with van der Waals surface area (Å²) in [4.78, 5) is 4.72. The minimum atomic E-state index is 0.663. The molecule has 134 valence electrons. The van der Waals surface area contributed by atoms with E-state index < -0.39 is 0 Å². The van der Waals surface area contributed by atoms with Gasteiger partial charge >= 0.3 is 0 Å². The molecule has 0 aromatic carbocycles. The Morgan fingerprint density at radius 1 is 0.773 bits per heavy atom. The molecule has 0 amide bonds. The fourth-order valence-electron chi connectivity index (χ4n) is 2.48. The van der Waals surface area contributed by atoms with Crippen LogP contribution in [0.2, 0.25) is 0 Å². The Kier molecular flexibility index (Phi) is 15.7. The second-order valence-corrected chi connectivity index (χ2v) is 6.99. The van der Waals surface area contributed by atoms with Crippen LogP contribution in [-0.4, -0.2) is 63.3 Å². The van der Waals surface area contributed by atoms with Crippen molar-refractivity contribution < 1.29 is 4.74 Å². The molecule has 0 spiro atoms. The van der Waals surface area contributed by atoms with Crippen molar-refractivity contribution in [3.63, 3.8) is 0 Å².